The Kier molecular flexibility index (Phi) is 4.14. The molecular weight excluding hydrogens is 364 g/mol. The van der Waals surface area contributed by atoms with Crippen LogP contribution in [0.25, 0.3) is 0 Å². The lowest BCUT2D eigenvalue weighted by Gasteiger charge is -2.23. The van der Waals surface area contributed by atoms with Gasteiger partial charge in [0.25, 0.3) is 0 Å². The first-order valence-electron chi connectivity index (χ1n) is 8.84. The summed E-state index contributed by atoms with van der Waals surface area (Å²) in [5, 5.41) is 0. The zero-order valence-electron chi connectivity index (χ0n) is 15.5. The highest BCUT2D eigenvalue weighted by atomic mass is 32.2. The first-order chi connectivity index (χ1) is 12.8. The van der Waals surface area contributed by atoms with Gasteiger partial charge in [0.05, 0.1) is 30.7 Å². The molecule has 2 aliphatic heterocycles. The van der Waals surface area contributed by atoms with Gasteiger partial charge in [-0.1, -0.05) is 6.07 Å². The molecule has 2 aliphatic rings. The Hall–Kier alpha value is -2.54. The Morgan fingerprint density at radius 1 is 0.889 bits per heavy atom. The Bertz CT molecular complexity index is 981. The van der Waals surface area contributed by atoms with Gasteiger partial charge in [0.1, 0.15) is 5.75 Å². The molecule has 7 heteroatoms. The van der Waals surface area contributed by atoms with Crippen LogP contribution < -0.4 is 14.5 Å². The molecule has 0 saturated carbocycles. The summed E-state index contributed by atoms with van der Waals surface area (Å²) >= 11 is 0. The average molecular weight is 386 g/mol. The summed E-state index contributed by atoms with van der Waals surface area (Å²) in [5.41, 5.74) is 3.51. The van der Waals surface area contributed by atoms with Gasteiger partial charge in [0, 0.05) is 11.4 Å². The fourth-order valence-corrected chi connectivity index (χ4v) is 6.06. The number of carbonyl (C=O) groups is 1. The van der Waals surface area contributed by atoms with Crippen molar-refractivity contribution in [3.63, 3.8) is 0 Å². The monoisotopic (exact) mass is 386 g/mol. The van der Waals surface area contributed by atoms with E-state index in [0.717, 1.165) is 16.8 Å². The molecule has 2 atom stereocenters. The van der Waals surface area contributed by atoms with E-state index in [1.54, 1.807) is 41.2 Å². The Balaban J connectivity index is 1.80. The van der Waals surface area contributed by atoms with Crippen LogP contribution in [0.5, 0.6) is 5.75 Å². The maximum Gasteiger partial charge on any atom is 0.329 e. The number of carbonyl (C=O) groups excluding carboxylic acids is 1. The molecule has 2 aromatic carbocycles. The molecule has 0 bridgehead atoms. The number of anilines is 2. The van der Waals surface area contributed by atoms with Crippen LogP contribution in [0, 0.1) is 13.8 Å². The number of amides is 2. The first-order valence-corrected chi connectivity index (χ1v) is 10.7. The van der Waals surface area contributed by atoms with Crippen LogP contribution in [-0.2, 0) is 9.84 Å². The van der Waals surface area contributed by atoms with Crippen molar-refractivity contribution in [1.29, 1.82) is 0 Å². The summed E-state index contributed by atoms with van der Waals surface area (Å²) in [5.74, 6) is 0.659. The molecule has 142 valence electrons. The summed E-state index contributed by atoms with van der Waals surface area (Å²) in [6.45, 7) is 3.95. The lowest BCUT2D eigenvalue weighted by atomic mass is 10.1. The van der Waals surface area contributed by atoms with E-state index in [-0.39, 0.29) is 23.6 Å². The Morgan fingerprint density at radius 2 is 1.41 bits per heavy atom. The van der Waals surface area contributed by atoms with Crippen molar-refractivity contribution in [3.8, 4) is 5.75 Å². The fraction of sp³-hybridized carbons (Fsp3) is 0.350. The number of urea groups is 1. The molecule has 2 amide bonds. The summed E-state index contributed by atoms with van der Waals surface area (Å²) in [6, 6.07) is 12.1. The van der Waals surface area contributed by atoms with Gasteiger partial charge >= 0.3 is 6.03 Å². The van der Waals surface area contributed by atoms with E-state index in [1.807, 2.05) is 32.0 Å². The smallest absolute Gasteiger partial charge is 0.329 e. The molecule has 0 aliphatic carbocycles. The molecule has 0 aromatic heterocycles. The summed E-state index contributed by atoms with van der Waals surface area (Å²) < 4.78 is 29.9. The van der Waals surface area contributed by atoms with Crippen LogP contribution in [0.1, 0.15) is 11.1 Å². The van der Waals surface area contributed by atoms with E-state index in [1.165, 1.54) is 0 Å². The summed E-state index contributed by atoms with van der Waals surface area (Å²) in [7, 11) is -1.62. The number of hydrogen-bond donors (Lipinski definition) is 0. The van der Waals surface area contributed by atoms with Crippen LogP contribution in [-0.4, -0.2) is 45.1 Å². The zero-order valence-corrected chi connectivity index (χ0v) is 16.4. The third-order valence-corrected chi connectivity index (χ3v) is 6.90. The van der Waals surface area contributed by atoms with Crippen molar-refractivity contribution >= 4 is 27.2 Å². The fourth-order valence-electron chi connectivity index (χ4n) is 4.14. The minimum absolute atomic E-state index is 0.0109. The second-order valence-electron chi connectivity index (χ2n) is 7.28. The molecular formula is C20H22N2O4S. The van der Waals surface area contributed by atoms with Crippen molar-refractivity contribution in [2.24, 2.45) is 0 Å². The molecule has 2 heterocycles. The normalized spacial score (nSPS) is 23.6. The molecule has 0 unspecified atom stereocenters. The molecule has 2 saturated heterocycles. The largest absolute Gasteiger partial charge is 0.497 e. The Morgan fingerprint density at radius 3 is 1.93 bits per heavy atom. The topological polar surface area (TPSA) is 66.9 Å². The number of rotatable bonds is 3. The second kappa shape index (κ2) is 6.27. The molecule has 4 rings (SSSR count). The molecule has 2 fully saturated rings. The number of fused-ring (bicyclic) bond motifs is 1. The number of sulfone groups is 1. The molecule has 0 radical (unpaired) electrons. The predicted molar refractivity (Wildman–Crippen MR) is 105 cm³/mol. The Labute approximate surface area is 159 Å². The van der Waals surface area contributed by atoms with Gasteiger partial charge in [-0.2, -0.15) is 0 Å². The van der Waals surface area contributed by atoms with Crippen LogP contribution in [0.15, 0.2) is 42.5 Å². The van der Waals surface area contributed by atoms with Crippen LogP contribution in [0.4, 0.5) is 16.2 Å². The number of methoxy groups -OCH3 is 1. The van der Waals surface area contributed by atoms with Gasteiger partial charge in [-0.15, -0.1) is 0 Å². The van der Waals surface area contributed by atoms with Gasteiger partial charge in [-0.25, -0.2) is 13.2 Å². The highest BCUT2D eigenvalue weighted by Gasteiger charge is 2.54. The van der Waals surface area contributed by atoms with Crippen molar-refractivity contribution in [3.05, 3.63) is 53.6 Å². The van der Waals surface area contributed by atoms with E-state index in [0.29, 0.717) is 11.4 Å². The highest BCUT2D eigenvalue weighted by Crippen LogP contribution is 2.38. The highest BCUT2D eigenvalue weighted by molar-refractivity contribution is 7.91. The molecule has 2 aromatic rings. The minimum Gasteiger partial charge on any atom is -0.497 e. The first kappa shape index (κ1) is 17.9. The lowest BCUT2D eigenvalue weighted by molar-refractivity contribution is 0.255. The second-order valence-corrected chi connectivity index (χ2v) is 9.43. The molecule has 27 heavy (non-hydrogen) atoms. The van der Waals surface area contributed by atoms with Gasteiger partial charge in [-0.3, -0.25) is 9.80 Å². The number of nitrogens with zero attached hydrogens (tertiary/aromatic N) is 2. The quantitative estimate of drug-likeness (QED) is 0.761. The maximum absolute atomic E-state index is 13.3. The van der Waals surface area contributed by atoms with Crippen LogP contribution >= 0.6 is 0 Å². The third kappa shape index (κ3) is 3.06. The van der Waals surface area contributed by atoms with Crippen LogP contribution in [0.2, 0.25) is 0 Å². The third-order valence-electron chi connectivity index (χ3n) is 5.20. The van der Waals surface area contributed by atoms with Crippen LogP contribution in [0.3, 0.4) is 0 Å². The number of hydrogen-bond acceptors (Lipinski definition) is 4. The van der Waals surface area contributed by atoms with Crippen molar-refractivity contribution < 1.29 is 17.9 Å². The molecule has 0 N–H and O–H groups in total. The standard InChI is InChI=1S/C20H22N2O4S/c1-13-8-14(2)10-16(9-13)22-19-12-27(24,25)11-18(19)21(20(22)23)15-4-6-17(26-3)7-5-15/h4-10,18-19H,11-12H2,1-3H3/t18-,19-/m1/s1. The lowest BCUT2D eigenvalue weighted by Crippen LogP contribution is -2.38. The van der Waals surface area contributed by atoms with Crippen molar-refractivity contribution in [2.45, 2.75) is 25.9 Å². The van der Waals surface area contributed by atoms with Crippen molar-refractivity contribution in [1.82, 2.24) is 0 Å². The number of aryl methyl sites for hydroxylation is 2. The van der Waals surface area contributed by atoms with E-state index in [9.17, 15) is 13.2 Å². The van der Waals surface area contributed by atoms with Gasteiger partial charge in [0.15, 0.2) is 9.84 Å². The summed E-state index contributed by atoms with van der Waals surface area (Å²) in [4.78, 5) is 16.6. The maximum atomic E-state index is 13.3. The number of ether oxygens (including phenoxy) is 1. The number of benzene rings is 2. The van der Waals surface area contributed by atoms with Gasteiger partial charge in [-0.05, 0) is 61.4 Å². The van der Waals surface area contributed by atoms with Crippen molar-refractivity contribution in [2.75, 3.05) is 28.4 Å². The summed E-state index contributed by atoms with van der Waals surface area (Å²) in [6.07, 6.45) is 0. The predicted octanol–water partition coefficient (Wildman–Crippen LogP) is 2.92. The SMILES string of the molecule is COc1ccc(N2C(=O)N(c3cc(C)cc(C)c3)[C@@H]3CS(=O)(=O)C[C@H]32)cc1. The van der Waals surface area contributed by atoms with E-state index in [4.69, 9.17) is 4.74 Å². The minimum atomic E-state index is -3.20. The van der Waals surface area contributed by atoms with E-state index >= 15 is 0 Å². The molecule has 0 spiro atoms. The molecule has 6 nitrogen and oxygen atoms in total. The van der Waals surface area contributed by atoms with Gasteiger partial charge in [0.2, 0.25) is 0 Å². The van der Waals surface area contributed by atoms with Gasteiger partial charge < -0.3 is 4.74 Å². The zero-order chi connectivity index (χ0) is 19.3. The van der Waals surface area contributed by atoms with E-state index < -0.39 is 15.9 Å². The van der Waals surface area contributed by atoms with E-state index in [2.05, 4.69) is 0 Å². The average Bonchev–Trinajstić information content (AvgIpc) is 3.02.